The van der Waals surface area contributed by atoms with E-state index in [-0.39, 0.29) is 12.6 Å². The Kier molecular flexibility index (Phi) is 5.75. The number of aliphatic hydroxyl groups is 1. The standard InChI is InChI=1S/C13H21ClN2O/c1-3-6-16(7-8-17)13-5-4-11(10(2)15)9-12(13)14/h4-5,9-10,17H,3,6-8,15H2,1-2H3/t10-/m1/s1. The minimum Gasteiger partial charge on any atom is -0.395 e. The molecular weight excluding hydrogens is 236 g/mol. The molecule has 0 unspecified atom stereocenters. The Hall–Kier alpha value is -0.770. The molecule has 96 valence electrons. The van der Waals surface area contributed by atoms with Gasteiger partial charge in [0.05, 0.1) is 17.3 Å². The zero-order chi connectivity index (χ0) is 12.8. The first-order valence-corrected chi connectivity index (χ1v) is 6.38. The first kappa shape index (κ1) is 14.3. The van der Waals surface area contributed by atoms with Crippen molar-refractivity contribution in [3.63, 3.8) is 0 Å². The highest BCUT2D eigenvalue weighted by molar-refractivity contribution is 6.33. The molecule has 1 aromatic carbocycles. The van der Waals surface area contributed by atoms with Crippen molar-refractivity contribution in [3.8, 4) is 0 Å². The number of hydrogen-bond donors (Lipinski definition) is 2. The van der Waals surface area contributed by atoms with Crippen LogP contribution < -0.4 is 10.6 Å². The Bertz CT molecular complexity index is 349. The lowest BCUT2D eigenvalue weighted by Crippen LogP contribution is -2.27. The van der Waals surface area contributed by atoms with E-state index in [1.165, 1.54) is 0 Å². The van der Waals surface area contributed by atoms with Gasteiger partial charge in [0.25, 0.3) is 0 Å². The molecule has 0 amide bonds. The molecule has 0 radical (unpaired) electrons. The molecule has 0 bridgehead atoms. The topological polar surface area (TPSA) is 49.5 Å². The van der Waals surface area contributed by atoms with Crippen molar-refractivity contribution in [1.82, 2.24) is 0 Å². The normalized spacial score (nSPS) is 12.5. The van der Waals surface area contributed by atoms with Crippen LogP contribution in [0, 0.1) is 0 Å². The number of nitrogens with zero attached hydrogens (tertiary/aromatic N) is 1. The molecule has 0 fully saturated rings. The maximum Gasteiger partial charge on any atom is 0.0642 e. The van der Waals surface area contributed by atoms with Gasteiger partial charge in [-0.1, -0.05) is 24.6 Å². The molecule has 0 heterocycles. The van der Waals surface area contributed by atoms with E-state index < -0.39 is 0 Å². The van der Waals surface area contributed by atoms with Gasteiger partial charge in [-0.2, -0.15) is 0 Å². The van der Waals surface area contributed by atoms with Gasteiger partial charge < -0.3 is 15.7 Å². The second-order valence-electron chi connectivity index (χ2n) is 4.21. The van der Waals surface area contributed by atoms with Crippen LogP contribution in [0.2, 0.25) is 5.02 Å². The van der Waals surface area contributed by atoms with E-state index in [4.69, 9.17) is 22.4 Å². The van der Waals surface area contributed by atoms with E-state index in [9.17, 15) is 0 Å². The highest BCUT2D eigenvalue weighted by atomic mass is 35.5. The van der Waals surface area contributed by atoms with Crippen LogP contribution in [-0.4, -0.2) is 24.8 Å². The zero-order valence-electron chi connectivity index (χ0n) is 10.5. The van der Waals surface area contributed by atoms with E-state index >= 15 is 0 Å². The van der Waals surface area contributed by atoms with Crippen molar-refractivity contribution in [2.24, 2.45) is 5.73 Å². The summed E-state index contributed by atoms with van der Waals surface area (Å²) in [7, 11) is 0. The van der Waals surface area contributed by atoms with E-state index in [0.717, 1.165) is 24.2 Å². The Morgan fingerprint density at radius 1 is 1.41 bits per heavy atom. The van der Waals surface area contributed by atoms with Crippen molar-refractivity contribution >= 4 is 17.3 Å². The van der Waals surface area contributed by atoms with E-state index in [1.807, 2.05) is 25.1 Å². The van der Waals surface area contributed by atoms with E-state index in [2.05, 4.69) is 11.8 Å². The third-order valence-electron chi connectivity index (χ3n) is 2.70. The van der Waals surface area contributed by atoms with Crippen LogP contribution in [0.3, 0.4) is 0 Å². The molecule has 0 aliphatic carbocycles. The lowest BCUT2D eigenvalue weighted by atomic mass is 10.1. The van der Waals surface area contributed by atoms with Crippen LogP contribution in [-0.2, 0) is 0 Å². The minimum absolute atomic E-state index is 0.0148. The van der Waals surface area contributed by atoms with E-state index in [0.29, 0.717) is 11.6 Å². The first-order valence-electron chi connectivity index (χ1n) is 6.01. The summed E-state index contributed by atoms with van der Waals surface area (Å²) < 4.78 is 0. The quantitative estimate of drug-likeness (QED) is 0.823. The van der Waals surface area contributed by atoms with Crippen LogP contribution in [0.25, 0.3) is 0 Å². The highest BCUT2D eigenvalue weighted by Crippen LogP contribution is 2.28. The van der Waals surface area contributed by atoms with Gasteiger partial charge in [0.15, 0.2) is 0 Å². The molecule has 0 aromatic heterocycles. The van der Waals surface area contributed by atoms with Crippen LogP contribution in [0.1, 0.15) is 31.9 Å². The Balaban J connectivity index is 2.95. The van der Waals surface area contributed by atoms with Gasteiger partial charge >= 0.3 is 0 Å². The molecule has 3 nitrogen and oxygen atoms in total. The fraction of sp³-hybridized carbons (Fsp3) is 0.538. The number of halogens is 1. The number of hydrogen-bond acceptors (Lipinski definition) is 3. The second kappa shape index (κ2) is 6.84. The number of benzene rings is 1. The summed E-state index contributed by atoms with van der Waals surface area (Å²) in [5, 5.41) is 9.75. The number of aliphatic hydroxyl groups excluding tert-OH is 1. The van der Waals surface area contributed by atoms with Crippen LogP contribution in [0.5, 0.6) is 0 Å². The molecule has 1 aromatic rings. The van der Waals surface area contributed by atoms with Crippen LogP contribution >= 0.6 is 11.6 Å². The van der Waals surface area contributed by atoms with Gasteiger partial charge in [-0.25, -0.2) is 0 Å². The Morgan fingerprint density at radius 3 is 2.59 bits per heavy atom. The largest absolute Gasteiger partial charge is 0.395 e. The second-order valence-corrected chi connectivity index (χ2v) is 4.62. The molecule has 0 saturated heterocycles. The lowest BCUT2D eigenvalue weighted by molar-refractivity contribution is 0.302. The fourth-order valence-electron chi connectivity index (χ4n) is 1.81. The maximum atomic E-state index is 9.05. The predicted molar refractivity (Wildman–Crippen MR) is 73.6 cm³/mol. The molecule has 0 spiro atoms. The molecule has 4 heteroatoms. The average molecular weight is 257 g/mol. The van der Waals surface area contributed by atoms with Crippen molar-refractivity contribution in [2.45, 2.75) is 26.3 Å². The van der Waals surface area contributed by atoms with E-state index in [1.54, 1.807) is 0 Å². The van der Waals surface area contributed by atoms with Gasteiger partial charge in [-0.05, 0) is 31.0 Å². The number of rotatable bonds is 6. The Morgan fingerprint density at radius 2 is 2.12 bits per heavy atom. The SMILES string of the molecule is CCCN(CCO)c1ccc([C@@H](C)N)cc1Cl. The number of anilines is 1. The van der Waals surface area contributed by atoms with Gasteiger partial charge in [-0.15, -0.1) is 0 Å². The summed E-state index contributed by atoms with van der Waals surface area (Å²) in [4.78, 5) is 2.09. The lowest BCUT2D eigenvalue weighted by Gasteiger charge is -2.25. The average Bonchev–Trinajstić information content (AvgIpc) is 2.28. The summed E-state index contributed by atoms with van der Waals surface area (Å²) in [5.41, 5.74) is 7.81. The molecule has 0 saturated carbocycles. The minimum atomic E-state index is -0.0148. The molecular formula is C13H21ClN2O. The van der Waals surface area contributed by atoms with Crippen molar-refractivity contribution < 1.29 is 5.11 Å². The Labute approximate surface area is 108 Å². The summed E-state index contributed by atoms with van der Waals surface area (Å²) in [6.07, 6.45) is 1.02. The van der Waals surface area contributed by atoms with Crippen LogP contribution in [0.4, 0.5) is 5.69 Å². The first-order chi connectivity index (χ1) is 8.10. The van der Waals surface area contributed by atoms with Crippen LogP contribution in [0.15, 0.2) is 18.2 Å². The van der Waals surface area contributed by atoms with Crippen molar-refractivity contribution in [1.29, 1.82) is 0 Å². The van der Waals surface area contributed by atoms with Crippen molar-refractivity contribution in [3.05, 3.63) is 28.8 Å². The molecule has 0 aliphatic heterocycles. The summed E-state index contributed by atoms with van der Waals surface area (Å²) >= 11 is 6.26. The maximum absolute atomic E-state index is 9.05. The van der Waals surface area contributed by atoms with Gasteiger partial charge in [0, 0.05) is 19.1 Å². The van der Waals surface area contributed by atoms with Gasteiger partial charge in [0.2, 0.25) is 0 Å². The summed E-state index contributed by atoms with van der Waals surface area (Å²) in [6.45, 7) is 5.66. The molecule has 1 rings (SSSR count). The monoisotopic (exact) mass is 256 g/mol. The predicted octanol–water partition coefficient (Wildman–Crippen LogP) is 2.57. The number of nitrogens with two attached hydrogens (primary N) is 1. The molecule has 17 heavy (non-hydrogen) atoms. The fourth-order valence-corrected chi connectivity index (χ4v) is 2.11. The van der Waals surface area contributed by atoms with Gasteiger partial charge in [-0.3, -0.25) is 0 Å². The molecule has 3 N–H and O–H groups in total. The third-order valence-corrected chi connectivity index (χ3v) is 3.00. The van der Waals surface area contributed by atoms with Crippen molar-refractivity contribution in [2.75, 3.05) is 24.6 Å². The smallest absolute Gasteiger partial charge is 0.0642 e. The van der Waals surface area contributed by atoms with Gasteiger partial charge in [0.1, 0.15) is 0 Å². The zero-order valence-corrected chi connectivity index (χ0v) is 11.2. The summed E-state index contributed by atoms with van der Waals surface area (Å²) in [5.74, 6) is 0. The molecule has 1 atom stereocenters. The molecule has 0 aliphatic rings. The highest BCUT2D eigenvalue weighted by Gasteiger charge is 2.10. The third kappa shape index (κ3) is 3.87. The summed E-state index contributed by atoms with van der Waals surface area (Å²) in [6, 6.07) is 5.86.